The Labute approximate surface area is 268 Å². The molecule has 236 valence electrons. The number of hydrogen-bond acceptors (Lipinski definition) is 4. The summed E-state index contributed by atoms with van der Waals surface area (Å²) in [4.78, 5) is 30.1. The van der Waals surface area contributed by atoms with Gasteiger partial charge in [0.15, 0.2) is 0 Å². The van der Waals surface area contributed by atoms with E-state index in [1.807, 2.05) is 101 Å². The van der Waals surface area contributed by atoms with Gasteiger partial charge in [-0.2, -0.15) is 0 Å². The topological polar surface area (TPSA) is 86.8 Å². The quantitative estimate of drug-likeness (QED) is 0.187. The molecule has 0 spiro atoms. The molecule has 0 aliphatic carbocycles. The van der Waals surface area contributed by atoms with Crippen molar-refractivity contribution in [2.24, 2.45) is 0 Å². The van der Waals surface area contributed by atoms with Gasteiger partial charge in [0, 0.05) is 19.0 Å². The maximum absolute atomic E-state index is 14.6. The molecule has 0 bridgehead atoms. The summed E-state index contributed by atoms with van der Waals surface area (Å²) in [5, 5.41) is 3.07. The van der Waals surface area contributed by atoms with Crippen molar-refractivity contribution in [1.29, 1.82) is 0 Å². The molecule has 0 saturated heterocycles. The summed E-state index contributed by atoms with van der Waals surface area (Å²) in [6.07, 6.45) is 1.00. The first kappa shape index (κ1) is 33.5. The van der Waals surface area contributed by atoms with Crippen LogP contribution in [0.1, 0.15) is 48.1 Å². The summed E-state index contributed by atoms with van der Waals surface area (Å²) in [6, 6.07) is 30.0. The summed E-state index contributed by atoms with van der Waals surface area (Å²) in [6.45, 7) is 9.33. The van der Waals surface area contributed by atoms with Gasteiger partial charge in [-0.1, -0.05) is 103 Å². The molecule has 0 unspecified atom stereocenters. The predicted molar refractivity (Wildman–Crippen MR) is 180 cm³/mol. The van der Waals surface area contributed by atoms with Crippen LogP contribution in [0.3, 0.4) is 0 Å². The number of carbonyl (C=O) groups is 2. The number of hydrogen-bond donors (Lipinski definition) is 1. The molecule has 2 amide bonds. The van der Waals surface area contributed by atoms with Gasteiger partial charge in [0.2, 0.25) is 11.8 Å². The van der Waals surface area contributed by atoms with E-state index in [0.29, 0.717) is 5.69 Å². The van der Waals surface area contributed by atoms with Crippen molar-refractivity contribution in [1.82, 2.24) is 10.2 Å². The van der Waals surface area contributed by atoms with Gasteiger partial charge in [0.25, 0.3) is 10.0 Å². The Morgan fingerprint density at radius 1 is 0.778 bits per heavy atom. The van der Waals surface area contributed by atoms with Crippen LogP contribution in [0.5, 0.6) is 0 Å². The van der Waals surface area contributed by atoms with E-state index >= 15 is 0 Å². The predicted octanol–water partition coefficient (Wildman–Crippen LogP) is 6.36. The highest BCUT2D eigenvalue weighted by molar-refractivity contribution is 7.92. The highest BCUT2D eigenvalue weighted by atomic mass is 32.2. The van der Waals surface area contributed by atoms with Crippen molar-refractivity contribution in [3.63, 3.8) is 0 Å². The molecule has 1 N–H and O–H groups in total. The van der Waals surface area contributed by atoms with E-state index in [2.05, 4.69) is 5.32 Å². The summed E-state index contributed by atoms with van der Waals surface area (Å²) < 4.78 is 29.5. The monoisotopic (exact) mass is 625 g/mol. The van der Waals surface area contributed by atoms with Gasteiger partial charge >= 0.3 is 0 Å². The summed E-state index contributed by atoms with van der Waals surface area (Å²) in [7, 11) is -4.14. The van der Waals surface area contributed by atoms with E-state index in [-0.39, 0.29) is 29.8 Å². The lowest BCUT2D eigenvalue weighted by Gasteiger charge is -2.34. The average molecular weight is 626 g/mol. The fourth-order valence-electron chi connectivity index (χ4n) is 5.20. The number of rotatable bonds is 13. The SMILES string of the molecule is CC[C@H](C)NC(=O)[C@H](Cc1ccccc1)N(Cc1ccc(C)cc1)C(=O)CN(c1ccc(C)cc1C)S(=O)(=O)c1ccccc1. The van der Waals surface area contributed by atoms with Crippen molar-refractivity contribution in [2.45, 2.75) is 71.0 Å². The highest BCUT2D eigenvalue weighted by Gasteiger charge is 2.35. The first-order chi connectivity index (χ1) is 21.5. The first-order valence-corrected chi connectivity index (χ1v) is 16.8. The van der Waals surface area contributed by atoms with Crippen LogP contribution < -0.4 is 9.62 Å². The van der Waals surface area contributed by atoms with E-state index in [1.165, 1.54) is 21.3 Å². The number of anilines is 1. The standard InChI is InChI=1S/C37H43N3O4S/c1-6-30(5)38-37(42)35(24-31-13-9-7-10-14-31)39(25-32-20-17-27(2)18-21-32)36(41)26-40(34-22-19-28(3)23-29(34)4)45(43,44)33-15-11-8-12-16-33/h7-23,30,35H,6,24-26H2,1-5H3,(H,38,42)/t30-,35-/m0/s1. The third-order valence-corrected chi connectivity index (χ3v) is 9.75. The first-order valence-electron chi connectivity index (χ1n) is 15.3. The molecule has 0 heterocycles. The molecule has 0 aliphatic heterocycles. The van der Waals surface area contributed by atoms with Crippen molar-refractivity contribution in [2.75, 3.05) is 10.8 Å². The van der Waals surface area contributed by atoms with Crippen molar-refractivity contribution in [3.05, 3.63) is 131 Å². The maximum atomic E-state index is 14.6. The lowest BCUT2D eigenvalue weighted by Crippen LogP contribution is -2.54. The smallest absolute Gasteiger partial charge is 0.264 e. The molecule has 4 aromatic rings. The molecule has 7 nitrogen and oxygen atoms in total. The molecule has 2 atom stereocenters. The van der Waals surface area contributed by atoms with Crippen LogP contribution in [0.15, 0.2) is 108 Å². The van der Waals surface area contributed by atoms with E-state index in [9.17, 15) is 18.0 Å². The van der Waals surface area contributed by atoms with Gasteiger partial charge in [-0.15, -0.1) is 0 Å². The van der Waals surface area contributed by atoms with E-state index in [1.54, 1.807) is 24.3 Å². The number of amides is 2. The second kappa shape index (κ2) is 15.0. The second-order valence-electron chi connectivity index (χ2n) is 11.6. The van der Waals surface area contributed by atoms with Crippen LogP contribution in [0.25, 0.3) is 0 Å². The zero-order valence-electron chi connectivity index (χ0n) is 26.7. The van der Waals surface area contributed by atoms with Gasteiger partial charge in [0.1, 0.15) is 12.6 Å². The Morgan fingerprint density at radius 3 is 1.98 bits per heavy atom. The Bertz CT molecular complexity index is 1690. The van der Waals surface area contributed by atoms with E-state index in [4.69, 9.17) is 0 Å². The number of carbonyl (C=O) groups excluding carboxylic acids is 2. The van der Waals surface area contributed by atoms with Gasteiger partial charge in [-0.25, -0.2) is 8.42 Å². The van der Waals surface area contributed by atoms with Gasteiger partial charge in [-0.05, 0) is 69.0 Å². The van der Waals surface area contributed by atoms with Gasteiger partial charge < -0.3 is 10.2 Å². The minimum atomic E-state index is -4.14. The summed E-state index contributed by atoms with van der Waals surface area (Å²) >= 11 is 0. The Kier molecular flexibility index (Phi) is 11.2. The van der Waals surface area contributed by atoms with E-state index < -0.39 is 28.5 Å². The van der Waals surface area contributed by atoms with Crippen LogP contribution >= 0.6 is 0 Å². The number of nitrogens with zero attached hydrogens (tertiary/aromatic N) is 2. The summed E-state index contributed by atoms with van der Waals surface area (Å²) in [5.74, 6) is -0.757. The van der Waals surface area contributed by atoms with Crippen LogP contribution in [0, 0.1) is 20.8 Å². The molecule has 0 fully saturated rings. The fourth-order valence-corrected chi connectivity index (χ4v) is 6.70. The highest BCUT2D eigenvalue weighted by Crippen LogP contribution is 2.28. The molecular weight excluding hydrogens is 582 g/mol. The van der Waals surface area contributed by atoms with Gasteiger partial charge in [0.05, 0.1) is 10.6 Å². The zero-order chi connectivity index (χ0) is 32.6. The lowest BCUT2D eigenvalue weighted by molar-refractivity contribution is -0.140. The number of nitrogens with one attached hydrogen (secondary N) is 1. The van der Waals surface area contributed by atoms with Crippen LogP contribution in [0.2, 0.25) is 0 Å². The second-order valence-corrected chi connectivity index (χ2v) is 13.5. The minimum Gasteiger partial charge on any atom is -0.352 e. The number of aryl methyl sites for hydroxylation is 3. The Morgan fingerprint density at radius 2 is 1.38 bits per heavy atom. The molecule has 4 rings (SSSR count). The summed E-state index contributed by atoms with van der Waals surface area (Å²) in [5.41, 5.74) is 4.92. The lowest BCUT2D eigenvalue weighted by atomic mass is 10.0. The Balaban J connectivity index is 1.82. The number of benzene rings is 4. The third-order valence-electron chi connectivity index (χ3n) is 7.98. The van der Waals surface area contributed by atoms with Crippen molar-refractivity contribution in [3.8, 4) is 0 Å². The molecule has 0 saturated carbocycles. The van der Waals surface area contributed by atoms with Crippen molar-refractivity contribution >= 4 is 27.5 Å². The number of sulfonamides is 1. The molecule has 0 radical (unpaired) electrons. The van der Waals surface area contributed by atoms with Gasteiger partial charge in [-0.3, -0.25) is 13.9 Å². The largest absolute Gasteiger partial charge is 0.352 e. The van der Waals surface area contributed by atoms with Crippen molar-refractivity contribution < 1.29 is 18.0 Å². The molecule has 45 heavy (non-hydrogen) atoms. The van der Waals surface area contributed by atoms with Crippen LogP contribution in [0.4, 0.5) is 5.69 Å². The normalized spacial score (nSPS) is 12.6. The Hall–Kier alpha value is -4.43. The maximum Gasteiger partial charge on any atom is 0.264 e. The minimum absolute atomic E-state index is 0.0817. The molecule has 0 aliphatic rings. The fraction of sp³-hybridized carbons (Fsp3) is 0.297. The molecular formula is C37H43N3O4S. The van der Waals surface area contributed by atoms with Crippen LogP contribution in [-0.2, 0) is 32.6 Å². The average Bonchev–Trinajstić information content (AvgIpc) is 3.03. The third kappa shape index (κ3) is 8.60. The molecule has 0 aromatic heterocycles. The molecule has 8 heteroatoms. The zero-order valence-corrected chi connectivity index (χ0v) is 27.6. The van der Waals surface area contributed by atoms with Crippen LogP contribution in [-0.4, -0.2) is 43.8 Å². The van der Waals surface area contributed by atoms with E-state index in [0.717, 1.165) is 34.2 Å². The molecule has 4 aromatic carbocycles.